The number of piperidine rings is 1. The van der Waals surface area contributed by atoms with Crippen LogP contribution in [-0.4, -0.2) is 42.9 Å². The normalized spacial score (nSPS) is 19.6. The SMILES string of the molecule is O=C(Nc1ccc(N2CCCCCC2)cc1)[C@H]1CCCN(C(=O)c2ccc(Cl)cc2)C1. The van der Waals surface area contributed by atoms with E-state index in [1.54, 1.807) is 29.2 Å². The van der Waals surface area contributed by atoms with E-state index in [0.29, 0.717) is 23.7 Å². The third-order valence-corrected chi connectivity index (χ3v) is 6.53. The molecule has 4 rings (SSSR count). The molecule has 0 radical (unpaired) electrons. The zero-order valence-electron chi connectivity index (χ0n) is 17.9. The number of nitrogens with zero attached hydrogens (tertiary/aromatic N) is 2. The Balaban J connectivity index is 1.34. The van der Waals surface area contributed by atoms with Crippen LogP contribution in [0.1, 0.15) is 48.9 Å². The molecule has 2 heterocycles. The van der Waals surface area contributed by atoms with E-state index in [4.69, 9.17) is 11.6 Å². The predicted octanol–water partition coefficient (Wildman–Crippen LogP) is 5.21. The third-order valence-electron chi connectivity index (χ3n) is 6.28. The summed E-state index contributed by atoms with van der Waals surface area (Å²) < 4.78 is 0. The highest BCUT2D eigenvalue weighted by Gasteiger charge is 2.29. The number of carbonyl (C=O) groups excluding carboxylic acids is 2. The molecule has 1 N–H and O–H groups in total. The first-order valence-corrected chi connectivity index (χ1v) is 11.7. The minimum atomic E-state index is -0.199. The maximum absolute atomic E-state index is 12.9. The van der Waals surface area contributed by atoms with Crippen LogP contribution in [0, 0.1) is 5.92 Å². The van der Waals surface area contributed by atoms with Crippen LogP contribution in [0.3, 0.4) is 0 Å². The van der Waals surface area contributed by atoms with E-state index < -0.39 is 0 Å². The number of amides is 2. The van der Waals surface area contributed by atoms with E-state index in [1.807, 2.05) is 12.1 Å². The number of halogens is 1. The van der Waals surface area contributed by atoms with Crippen molar-refractivity contribution in [1.82, 2.24) is 4.90 Å². The summed E-state index contributed by atoms with van der Waals surface area (Å²) in [6, 6.07) is 15.1. The first kappa shape index (κ1) is 21.7. The average Bonchev–Trinajstić information content (AvgIpc) is 3.09. The Hall–Kier alpha value is -2.53. The maximum Gasteiger partial charge on any atom is 0.253 e. The molecule has 31 heavy (non-hydrogen) atoms. The molecule has 6 heteroatoms. The number of rotatable bonds is 4. The molecule has 0 bridgehead atoms. The van der Waals surface area contributed by atoms with Crippen LogP contribution >= 0.6 is 11.6 Å². The van der Waals surface area contributed by atoms with E-state index in [1.165, 1.54) is 31.4 Å². The van der Waals surface area contributed by atoms with Gasteiger partial charge in [-0.15, -0.1) is 0 Å². The van der Waals surface area contributed by atoms with Gasteiger partial charge in [-0.05, 0) is 74.2 Å². The highest BCUT2D eigenvalue weighted by Crippen LogP contribution is 2.24. The lowest BCUT2D eigenvalue weighted by molar-refractivity contribution is -0.121. The molecule has 164 valence electrons. The molecule has 2 aliphatic rings. The van der Waals surface area contributed by atoms with Crippen LogP contribution in [0.2, 0.25) is 5.02 Å². The first-order chi connectivity index (χ1) is 15.1. The van der Waals surface area contributed by atoms with Crippen molar-refractivity contribution >= 4 is 34.8 Å². The van der Waals surface area contributed by atoms with Gasteiger partial charge in [0.1, 0.15) is 0 Å². The van der Waals surface area contributed by atoms with E-state index in [0.717, 1.165) is 31.6 Å². The fourth-order valence-corrected chi connectivity index (χ4v) is 4.61. The molecule has 0 spiro atoms. The van der Waals surface area contributed by atoms with Gasteiger partial charge in [0, 0.05) is 48.1 Å². The molecule has 0 unspecified atom stereocenters. The van der Waals surface area contributed by atoms with Crippen molar-refractivity contribution in [2.75, 3.05) is 36.4 Å². The molecule has 2 saturated heterocycles. The number of carbonyl (C=O) groups is 2. The molecular formula is C25H30ClN3O2. The molecule has 2 amide bonds. The minimum Gasteiger partial charge on any atom is -0.372 e. The fourth-order valence-electron chi connectivity index (χ4n) is 4.48. The van der Waals surface area contributed by atoms with E-state index in [-0.39, 0.29) is 17.7 Å². The molecule has 2 aliphatic heterocycles. The third kappa shape index (κ3) is 5.59. The van der Waals surface area contributed by atoms with Crippen LogP contribution in [-0.2, 0) is 4.79 Å². The number of likely N-dealkylation sites (tertiary alicyclic amines) is 1. The molecule has 1 atom stereocenters. The highest BCUT2D eigenvalue weighted by molar-refractivity contribution is 6.30. The second-order valence-corrected chi connectivity index (χ2v) is 8.97. The molecule has 0 aliphatic carbocycles. The van der Waals surface area contributed by atoms with Gasteiger partial charge in [-0.25, -0.2) is 0 Å². The quantitative estimate of drug-likeness (QED) is 0.711. The van der Waals surface area contributed by atoms with Crippen molar-refractivity contribution in [3.8, 4) is 0 Å². The second kappa shape index (κ2) is 10.2. The summed E-state index contributed by atoms with van der Waals surface area (Å²) in [6.07, 6.45) is 6.72. The zero-order valence-corrected chi connectivity index (χ0v) is 18.6. The highest BCUT2D eigenvalue weighted by atomic mass is 35.5. The lowest BCUT2D eigenvalue weighted by atomic mass is 9.96. The van der Waals surface area contributed by atoms with Crippen molar-refractivity contribution in [2.24, 2.45) is 5.92 Å². The molecule has 0 aromatic heterocycles. The Morgan fingerprint density at radius 2 is 1.52 bits per heavy atom. The van der Waals surface area contributed by atoms with Gasteiger partial charge < -0.3 is 15.1 Å². The number of hydrogen-bond donors (Lipinski definition) is 1. The summed E-state index contributed by atoms with van der Waals surface area (Å²) in [5, 5.41) is 3.65. The lowest BCUT2D eigenvalue weighted by Crippen LogP contribution is -2.43. The van der Waals surface area contributed by atoms with Crippen LogP contribution in [0.25, 0.3) is 0 Å². The largest absolute Gasteiger partial charge is 0.372 e. The van der Waals surface area contributed by atoms with Gasteiger partial charge in [0.2, 0.25) is 5.91 Å². The molecule has 0 saturated carbocycles. The number of benzene rings is 2. The van der Waals surface area contributed by atoms with Gasteiger partial charge in [-0.1, -0.05) is 24.4 Å². The minimum absolute atomic E-state index is 0.0175. The van der Waals surface area contributed by atoms with Crippen molar-refractivity contribution in [3.05, 3.63) is 59.1 Å². The van der Waals surface area contributed by atoms with Gasteiger partial charge in [-0.2, -0.15) is 0 Å². The Kier molecular flexibility index (Phi) is 7.13. The van der Waals surface area contributed by atoms with Crippen molar-refractivity contribution < 1.29 is 9.59 Å². The fraction of sp³-hybridized carbons (Fsp3) is 0.440. The standard InChI is InChI=1S/C25H30ClN3O2/c26-21-9-7-19(8-10-21)25(31)29-17-5-6-20(18-29)24(30)27-22-11-13-23(14-12-22)28-15-3-1-2-4-16-28/h7-14,20H,1-6,15-18H2,(H,27,30)/t20-/m0/s1. The van der Waals surface area contributed by atoms with Crippen molar-refractivity contribution in [3.63, 3.8) is 0 Å². The monoisotopic (exact) mass is 439 g/mol. The first-order valence-electron chi connectivity index (χ1n) is 11.3. The van der Waals surface area contributed by atoms with Gasteiger partial charge in [0.05, 0.1) is 5.92 Å². The van der Waals surface area contributed by atoms with Crippen LogP contribution in [0.5, 0.6) is 0 Å². The predicted molar refractivity (Wildman–Crippen MR) is 126 cm³/mol. The molecule has 2 aromatic rings. The van der Waals surface area contributed by atoms with Gasteiger partial charge in [0.25, 0.3) is 5.91 Å². The zero-order chi connectivity index (χ0) is 21.6. The number of nitrogens with one attached hydrogen (secondary N) is 1. The van der Waals surface area contributed by atoms with Gasteiger partial charge in [-0.3, -0.25) is 9.59 Å². The molecule has 2 fully saturated rings. The average molecular weight is 440 g/mol. The Morgan fingerprint density at radius 3 is 2.19 bits per heavy atom. The van der Waals surface area contributed by atoms with Gasteiger partial charge >= 0.3 is 0 Å². The number of hydrogen-bond acceptors (Lipinski definition) is 3. The molecular weight excluding hydrogens is 410 g/mol. The molecule has 5 nitrogen and oxygen atoms in total. The maximum atomic E-state index is 12.9. The van der Waals surface area contributed by atoms with Gasteiger partial charge in [0.15, 0.2) is 0 Å². The van der Waals surface area contributed by atoms with Crippen LogP contribution in [0.15, 0.2) is 48.5 Å². The second-order valence-electron chi connectivity index (χ2n) is 8.53. The summed E-state index contributed by atoms with van der Waals surface area (Å²) in [4.78, 5) is 29.9. The van der Waals surface area contributed by atoms with Crippen LogP contribution < -0.4 is 10.2 Å². The van der Waals surface area contributed by atoms with E-state index in [9.17, 15) is 9.59 Å². The topological polar surface area (TPSA) is 52.7 Å². The summed E-state index contributed by atoms with van der Waals surface area (Å²) in [6.45, 7) is 3.32. The lowest BCUT2D eigenvalue weighted by Gasteiger charge is -2.32. The smallest absolute Gasteiger partial charge is 0.253 e. The van der Waals surface area contributed by atoms with Crippen LogP contribution in [0.4, 0.5) is 11.4 Å². The Labute approximate surface area is 189 Å². The van der Waals surface area contributed by atoms with E-state index in [2.05, 4.69) is 22.3 Å². The van der Waals surface area contributed by atoms with Crippen molar-refractivity contribution in [2.45, 2.75) is 38.5 Å². The van der Waals surface area contributed by atoms with Crippen molar-refractivity contribution in [1.29, 1.82) is 0 Å². The summed E-state index contributed by atoms with van der Waals surface area (Å²) >= 11 is 5.92. The Bertz CT molecular complexity index is 890. The summed E-state index contributed by atoms with van der Waals surface area (Å²) in [5.41, 5.74) is 2.64. The van der Waals surface area contributed by atoms with E-state index >= 15 is 0 Å². The summed E-state index contributed by atoms with van der Waals surface area (Å²) in [7, 11) is 0. The number of anilines is 2. The molecule has 2 aromatic carbocycles. The Morgan fingerprint density at radius 1 is 0.839 bits per heavy atom. The summed E-state index contributed by atoms with van der Waals surface area (Å²) in [5.74, 6) is -0.262.